The summed E-state index contributed by atoms with van der Waals surface area (Å²) in [5.74, 6) is -1.42. The molecular formula is C33H35F3N4O3. The van der Waals surface area contributed by atoms with E-state index in [0.29, 0.717) is 12.4 Å². The predicted octanol–water partition coefficient (Wildman–Crippen LogP) is 5.88. The molecule has 1 fully saturated rings. The largest absolute Gasteiger partial charge is 0.445 e. The topological polar surface area (TPSA) is 79.6 Å². The van der Waals surface area contributed by atoms with Crippen molar-refractivity contribution in [2.24, 2.45) is 5.92 Å². The molecule has 1 aliphatic heterocycles. The molecule has 7 nitrogen and oxygen atoms in total. The van der Waals surface area contributed by atoms with E-state index in [1.165, 1.54) is 4.90 Å². The minimum absolute atomic E-state index is 0.00757. The number of nitrogens with zero attached hydrogens (tertiary/aromatic N) is 3. The van der Waals surface area contributed by atoms with Gasteiger partial charge in [0.15, 0.2) is 0 Å². The van der Waals surface area contributed by atoms with Gasteiger partial charge >= 0.3 is 6.09 Å². The second kappa shape index (κ2) is 13.0. The lowest BCUT2D eigenvalue weighted by Gasteiger charge is -2.31. The molecule has 1 aromatic heterocycles. The number of aliphatic hydroxyl groups is 1. The van der Waals surface area contributed by atoms with Gasteiger partial charge in [-0.15, -0.1) is 0 Å². The van der Waals surface area contributed by atoms with Gasteiger partial charge in [-0.25, -0.2) is 22.9 Å². The lowest BCUT2D eigenvalue weighted by molar-refractivity contribution is 0.0301. The van der Waals surface area contributed by atoms with Crippen LogP contribution in [0.3, 0.4) is 0 Å². The van der Waals surface area contributed by atoms with Gasteiger partial charge in [0.25, 0.3) is 0 Å². The van der Waals surface area contributed by atoms with E-state index in [1.807, 2.05) is 60.7 Å². The number of alkyl halides is 1. The molecule has 5 rings (SSSR count). The van der Waals surface area contributed by atoms with Crippen molar-refractivity contribution >= 4 is 6.09 Å². The molecule has 0 unspecified atom stereocenters. The minimum atomic E-state index is -1.38. The van der Waals surface area contributed by atoms with E-state index >= 15 is 4.39 Å². The molecule has 1 saturated heterocycles. The van der Waals surface area contributed by atoms with E-state index < -0.39 is 41.5 Å². The molecule has 10 heteroatoms. The van der Waals surface area contributed by atoms with E-state index in [2.05, 4.69) is 10.3 Å². The fourth-order valence-electron chi connectivity index (χ4n) is 5.30. The van der Waals surface area contributed by atoms with Gasteiger partial charge in [0.1, 0.15) is 30.2 Å². The molecule has 0 radical (unpaired) electrons. The Balaban J connectivity index is 1.35. The molecule has 226 valence electrons. The number of imidazole rings is 1. The van der Waals surface area contributed by atoms with Crippen molar-refractivity contribution in [3.05, 3.63) is 114 Å². The Morgan fingerprint density at radius 3 is 2.40 bits per heavy atom. The van der Waals surface area contributed by atoms with Crippen molar-refractivity contribution in [2.75, 3.05) is 19.6 Å². The summed E-state index contributed by atoms with van der Waals surface area (Å²) in [5.41, 5.74) is 0.589. The fraction of sp³-hybridized carbons (Fsp3) is 0.333. The highest BCUT2D eigenvalue weighted by Crippen LogP contribution is 2.31. The summed E-state index contributed by atoms with van der Waals surface area (Å²) in [6.45, 7) is 3.81. The number of aromatic nitrogens is 2. The van der Waals surface area contributed by atoms with Gasteiger partial charge in [-0.2, -0.15) is 0 Å². The molecule has 4 aromatic rings. The summed E-state index contributed by atoms with van der Waals surface area (Å²) in [7, 11) is 0. The Kier molecular flexibility index (Phi) is 9.17. The highest BCUT2D eigenvalue weighted by molar-refractivity contribution is 5.68. The molecule has 3 atom stereocenters. The first kappa shape index (κ1) is 30.3. The molecule has 0 bridgehead atoms. The van der Waals surface area contributed by atoms with Crippen molar-refractivity contribution in [1.29, 1.82) is 0 Å². The van der Waals surface area contributed by atoms with Gasteiger partial charge in [0, 0.05) is 37.3 Å². The average Bonchev–Trinajstić information content (AvgIpc) is 3.56. The Bertz CT molecular complexity index is 1530. The molecule has 0 spiro atoms. The van der Waals surface area contributed by atoms with Crippen molar-refractivity contribution in [2.45, 2.75) is 44.8 Å². The normalized spacial score (nSPS) is 17.7. The molecule has 0 aliphatic carbocycles. The zero-order valence-corrected chi connectivity index (χ0v) is 24.1. The van der Waals surface area contributed by atoms with Gasteiger partial charge in [0.05, 0.1) is 23.9 Å². The summed E-state index contributed by atoms with van der Waals surface area (Å²) >= 11 is 0. The number of ether oxygens (including phenoxy) is 1. The lowest BCUT2D eigenvalue weighted by atomic mass is 9.96. The van der Waals surface area contributed by atoms with Crippen molar-refractivity contribution in [1.82, 2.24) is 19.8 Å². The Morgan fingerprint density at radius 1 is 1.05 bits per heavy atom. The van der Waals surface area contributed by atoms with E-state index in [0.717, 1.165) is 29.3 Å². The van der Waals surface area contributed by atoms with Crippen LogP contribution in [0.1, 0.15) is 36.8 Å². The number of carbonyl (C=O) groups is 1. The van der Waals surface area contributed by atoms with Crippen LogP contribution in [0.15, 0.2) is 85.1 Å². The molecule has 3 aromatic carbocycles. The molecule has 2 N–H and O–H groups in total. The summed E-state index contributed by atoms with van der Waals surface area (Å²) in [4.78, 5) is 18.7. The molecular weight excluding hydrogens is 557 g/mol. The van der Waals surface area contributed by atoms with E-state index in [1.54, 1.807) is 24.6 Å². The fourth-order valence-corrected chi connectivity index (χ4v) is 5.30. The van der Waals surface area contributed by atoms with Crippen LogP contribution in [0.4, 0.5) is 18.0 Å². The Hall–Kier alpha value is -4.15. The summed E-state index contributed by atoms with van der Waals surface area (Å²) in [5, 5.41) is 14.5. The maximum absolute atomic E-state index is 15.1. The number of rotatable bonds is 10. The average molecular weight is 593 g/mol. The monoisotopic (exact) mass is 592 g/mol. The molecule has 43 heavy (non-hydrogen) atoms. The first-order chi connectivity index (χ1) is 20.6. The number of amides is 1. The summed E-state index contributed by atoms with van der Waals surface area (Å²) < 4.78 is 51.1. The lowest BCUT2D eigenvalue weighted by Crippen LogP contribution is -2.44. The van der Waals surface area contributed by atoms with Crippen LogP contribution in [-0.4, -0.2) is 57.1 Å². The number of nitrogens with one attached hydrogen (secondary N) is 1. The SMILES string of the molecule is CC(C)(O)[C@@H](NC[C@@H]1CN(C(=O)OCc2ccccc2)C[C@@H]1F)c1nc(-c2cc(F)ccc2F)cn1Cc1ccccc1. The zero-order chi connectivity index (χ0) is 30.6. The maximum Gasteiger partial charge on any atom is 0.410 e. The summed E-state index contributed by atoms with van der Waals surface area (Å²) in [6.07, 6.45) is -0.271. The number of carbonyl (C=O) groups excluding carboxylic acids is 1. The van der Waals surface area contributed by atoms with Gasteiger partial charge in [-0.1, -0.05) is 60.7 Å². The highest BCUT2D eigenvalue weighted by atomic mass is 19.1. The van der Waals surface area contributed by atoms with Crippen molar-refractivity contribution in [3.8, 4) is 11.3 Å². The second-order valence-electron chi connectivity index (χ2n) is 11.4. The zero-order valence-electron chi connectivity index (χ0n) is 24.1. The van der Waals surface area contributed by atoms with Crippen LogP contribution in [0, 0.1) is 17.6 Å². The van der Waals surface area contributed by atoms with Crippen molar-refractivity contribution < 1.29 is 27.8 Å². The summed E-state index contributed by atoms with van der Waals surface area (Å²) in [6, 6.07) is 21.1. The van der Waals surface area contributed by atoms with Crippen LogP contribution >= 0.6 is 0 Å². The van der Waals surface area contributed by atoms with Gasteiger partial charge in [0.2, 0.25) is 0 Å². The maximum atomic E-state index is 15.1. The second-order valence-corrected chi connectivity index (χ2v) is 11.4. The van der Waals surface area contributed by atoms with Gasteiger partial charge in [-0.3, -0.25) is 0 Å². The third-order valence-electron chi connectivity index (χ3n) is 7.58. The third-order valence-corrected chi connectivity index (χ3v) is 7.58. The van der Waals surface area contributed by atoms with Crippen LogP contribution < -0.4 is 5.32 Å². The molecule has 0 saturated carbocycles. The highest BCUT2D eigenvalue weighted by Gasteiger charge is 2.39. The molecule has 1 amide bonds. The quantitative estimate of drug-likeness (QED) is 0.240. The number of likely N-dealkylation sites (tertiary alicyclic amines) is 1. The third kappa shape index (κ3) is 7.44. The van der Waals surface area contributed by atoms with E-state index in [9.17, 15) is 18.7 Å². The van der Waals surface area contributed by atoms with E-state index in [-0.39, 0.29) is 37.5 Å². The van der Waals surface area contributed by atoms with Crippen LogP contribution in [0.25, 0.3) is 11.3 Å². The number of hydrogen-bond donors (Lipinski definition) is 2. The number of hydrogen-bond acceptors (Lipinski definition) is 5. The van der Waals surface area contributed by atoms with Gasteiger partial charge < -0.3 is 24.6 Å². The van der Waals surface area contributed by atoms with E-state index in [4.69, 9.17) is 4.74 Å². The Labute approximate surface area is 248 Å². The molecule has 1 aliphatic rings. The first-order valence-corrected chi connectivity index (χ1v) is 14.2. The van der Waals surface area contributed by atoms with Crippen LogP contribution in [0.2, 0.25) is 0 Å². The first-order valence-electron chi connectivity index (χ1n) is 14.2. The number of benzene rings is 3. The van der Waals surface area contributed by atoms with Gasteiger partial charge in [-0.05, 0) is 43.2 Å². The molecule has 2 heterocycles. The standard InChI is InChI=1S/C33H35F3N4O3/c1-33(2,42)30(37-16-24-18-40(19-28(24)36)32(41)43-21-23-11-7-4-8-12-23)31-38-29(26-15-25(34)13-14-27(26)35)20-39(31)17-22-9-5-3-6-10-22/h3-15,20,24,28,30,37,42H,16-19,21H2,1-2H3/t24-,28+,30+/m1/s1. The predicted molar refractivity (Wildman–Crippen MR) is 157 cm³/mol. The smallest absolute Gasteiger partial charge is 0.410 e. The van der Waals surface area contributed by atoms with Crippen LogP contribution in [0.5, 0.6) is 0 Å². The van der Waals surface area contributed by atoms with Crippen LogP contribution in [-0.2, 0) is 17.9 Å². The number of halogens is 3. The van der Waals surface area contributed by atoms with Crippen molar-refractivity contribution in [3.63, 3.8) is 0 Å². The minimum Gasteiger partial charge on any atom is -0.445 e. The Morgan fingerprint density at radius 2 is 1.72 bits per heavy atom.